The van der Waals surface area contributed by atoms with Crippen molar-refractivity contribution >= 4 is 38.4 Å². The number of halogens is 1. The van der Waals surface area contributed by atoms with Gasteiger partial charge in [-0.2, -0.15) is 0 Å². The molecular weight excluding hydrogens is 318 g/mol. The molecule has 0 spiro atoms. The fourth-order valence-electron chi connectivity index (χ4n) is 1.94. The molecular formula is C15H10BrN3O. The third-order valence-corrected chi connectivity index (χ3v) is 3.49. The number of hydrogen-bond donors (Lipinski definition) is 1. The number of rotatable bonds is 2. The highest BCUT2D eigenvalue weighted by Gasteiger charge is 2.12. The molecule has 0 atom stereocenters. The molecule has 5 heteroatoms. The first kappa shape index (κ1) is 12.7. The minimum absolute atomic E-state index is 0.268. The molecule has 0 bridgehead atoms. The molecule has 98 valence electrons. The second-order valence-corrected chi connectivity index (χ2v) is 5.02. The van der Waals surface area contributed by atoms with Gasteiger partial charge in [0.1, 0.15) is 5.69 Å². The van der Waals surface area contributed by atoms with Crippen molar-refractivity contribution in [3.05, 3.63) is 65.0 Å². The molecule has 2 heterocycles. The molecule has 3 rings (SSSR count). The summed E-state index contributed by atoms with van der Waals surface area (Å²) in [5.41, 5.74) is 1.78. The molecule has 20 heavy (non-hydrogen) atoms. The summed E-state index contributed by atoms with van der Waals surface area (Å²) in [7, 11) is 0. The van der Waals surface area contributed by atoms with Crippen molar-refractivity contribution in [2.45, 2.75) is 0 Å². The van der Waals surface area contributed by atoms with E-state index in [0.717, 1.165) is 10.9 Å². The predicted molar refractivity (Wildman–Crippen MR) is 81.6 cm³/mol. The minimum atomic E-state index is -0.268. The summed E-state index contributed by atoms with van der Waals surface area (Å²) in [6, 6.07) is 13.0. The highest BCUT2D eigenvalue weighted by molar-refractivity contribution is 9.10. The molecule has 4 nitrogen and oxygen atoms in total. The first-order valence-electron chi connectivity index (χ1n) is 6.01. The van der Waals surface area contributed by atoms with E-state index in [0.29, 0.717) is 15.9 Å². The number of hydrogen-bond acceptors (Lipinski definition) is 3. The highest BCUT2D eigenvalue weighted by Crippen LogP contribution is 2.22. The van der Waals surface area contributed by atoms with E-state index in [-0.39, 0.29) is 5.91 Å². The summed E-state index contributed by atoms with van der Waals surface area (Å²) in [5, 5.41) is 3.83. The lowest BCUT2D eigenvalue weighted by Gasteiger charge is -2.08. The van der Waals surface area contributed by atoms with Gasteiger partial charge >= 0.3 is 0 Å². The van der Waals surface area contributed by atoms with Crippen LogP contribution >= 0.6 is 15.9 Å². The van der Waals surface area contributed by atoms with Gasteiger partial charge in [0.2, 0.25) is 0 Å². The van der Waals surface area contributed by atoms with E-state index in [1.54, 1.807) is 24.5 Å². The summed E-state index contributed by atoms with van der Waals surface area (Å²) in [6.07, 6.45) is 3.29. The number of carbonyl (C=O) groups excluding carboxylic acids is 1. The maximum absolute atomic E-state index is 12.2. The maximum atomic E-state index is 12.2. The van der Waals surface area contributed by atoms with Crippen LogP contribution in [0.15, 0.2) is 59.3 Å². The lowest BCUT2D eigenvalue weighted by atomic mass is 10.2. The van der Waals surface area contributed by atoms with E-state index in [9.17, 15) is 4.79 Å². The van der Waals surface area contributed by atoms with Crippen LogP contribution in [0.3, 0.4) is 0 Å². The second-order valence-electron chi connectivity index (χ2n) is 4.17. The number of nitrogens with zero attached hydrogens (tertiary/aromatic N) is 2. The van der Waals surface area contributed by atoms with Crippen LogP contribution in [0.1, 0.15) is 10.5 Å². The SMILES string of the molecule is O=C(Nc1cccc2cccnc12)c1ncccc1Br. The lowest BCUT2D eigenvalue weighted by molar-refractivity contribution is 0.102. The number of anilines is 1. The molecule has 0 aliphatic heterocycles. The molecule has 0 fully saturated rings. The monoisotopic (exact) mass is 327 g/mol. The van der Waals surface area contributed by atoms with Gasteiger partial charge in [0, 0.05) is 22.3 Å². The van der Waals surface area contributed by atoms with E-state index in [1.165, 1.54) is 0 Å². The first-order valence-corrected chi connectivity index (χ1v) is 6.80. The average molecular weight is 328 g/mol. The maximum Gasteiger partial charge on any atom is 0.275 e. The Morgan fingerprint density at radius 1 is 1.00 bits per heavy atom. The molecule has 0 unspecified atom stereocenters. The van der Waals surface area contributed by atoms with Gasteiger partial charge in [-0.25, -0.2) is 4.98 Å². The Balaban J connectivity index is 1.98. The quantitative estimate of drug-likeness (QED) is 0.781. The molecule has 0 saturated carbocycles. The van der Waals surface area contributed by atoms with Crippen LogP contribution < -0.4 is 5.32 Å². The zero-order valence-electron chi connectivity index (χ0n) is 10.4. The van der Waals surface area contributed by atoms with Gasteiger partial charge in [0.05, 0.1) is 11.2 Å². The smallest absolute Gasteiger partial charge is 0.275 e. The van der Waals surface area contributed by atoms with E-state index >= 15 is 0 Å². The van der Waals surface area contributed by atoms with Crippen LogP contribution in [0.2, 0.25) is 0 Å². The third-order valence-electron chi connectivity index (χ3n) is 2.85. The van der Waals surface area contributed by atoms with Crippen LogP contribution in [0, 0.1) is 0 Å². The van der Waals surface area contributed by atoms with Crippen LogP contribution in [-0.4, -0.2) is 15.9 Å². The molecule has 0 aliphatic carbocycles. The van der Waals surface area contributed by atoms with Crippen LogP contribution in [0.4, 0.5) is 5.69 Å². The zero-order valence-corrected chi connectivity index (χ0v) is 12.0. The van der Waals surface area contributed by atoms with Crippen molar-refractivity contribution in [2.24, 2.45) is 0 Å². The lowest BCUT2D eigenvalue weighted by Crippen LogP contribution is -2.14. The van der Waals surface area contributed by atoms with Crippen molar-refractivity contribution in [3.63, 3.8) is 0 Å². The molecule has 0 saturated heterocycles. The van der Waals surface area contributed by atoms with Crippen LogP contribution in [0.25, 0.3) is 10.9 Å². The summed E-state index contributed by atoms with van der Waals surface area (Å²) >= 11 is 3.32. The Morgan fingerprint density at radius 2 is 1.75 bits per heavy atom. The van der Waals surface area contributed by atoms with Crippen LogP contribution in [-0.2, 0) is 0 Å². The molecule has 0 aliphatic rings. The minimum Gasteiger partial charge on any atom is -0.319 e. The Labute approximate surface area is 124 Å². The Kier molecular flexibility index (Phi) is 3.43. The van der Waals surface area contributed by atoms with E-state index in [2.05, 4.69) is 31.2 Å². The molecule has 1 aromatic carbocycles. The topological polar surface area (TPSA) is 54.9 Å². The largest absolute Gasteiger partial charge is 0.319 e. The predicted octanol–water partition coefficient (Wildman–Crippen LogP) is 3.64. The van der Waals surface area contributed by atoms with Gasteiger partial charge in [0.15, 0.2) is 0 Å². The molecule has 1 amide bonds. The molecule has 2 aromatic heterocycles. The summed E-state index contributed by atoms with van der Waals surface area (Å²) in [6.45, 7) is 0. The number of fused-ring (bicyclic) bond motifs is 1. The van der Waals surface area contributed by atoms with Crippen molar-refractivity contribution in [1.29, 1.82) is 0 Å². The van der Waals surface area contributed by atoms with Gasteiger partial charge < -0.3 is 5.32 Å². The average Bonchev–Trinajstić information content (AvgIpc) is 2.48. The van der Waals surface area contributed by atoms with E-state index in [1.807, 2.05) is 30.3 Å². The van der Waals surface area contributed by atoms with Crippen molar-refractivity contribution in [2.75, 3.05) is 5.32 Å². The number of para-hydroxylation sites is 1. The standard InChI is InChI=1S/C15H10BrN3O/c16-11-6-3-9-18-14(11)15(20)19-12-7-1-4-10-5-2-8-17-13(10)12/h1-9H,(H,19,20). The molecule has 3 aromatic rings. The van der Waals surface area contributed by atoms with Crippen molar-refractivity contribution in [3.8, 4) is 0 Å². The number of aromatic nitrogens is 2. The molecule has 1 N–H and O–H groups in total. The number of amides is 1. The number of carbonyl (C=O) groups is 1. The normalized spacial score (nSPS) is 10.4. The number of pyridine rings is 2. The van der Waals surface area contributed by atoms with Crippen molar-refractivity contribution in [1.82, 2.24) is 9.97 Å². The highest BCUT2D eigenvalue weighted by atomic mass is 79.9. The van der Waals surface area contributed by atoms with Gasteiger partial charge in [-0.05, 0) is 40.2 Å². The van der Waals surface area contributed by atoms with Crippen LogP contribution in [0.5, 0.6) is 0 Å². The van der Waals surface area contributed by atoms with E-state index in [4.69, 9.17) is 0 Å². The fourth-order valence-corrected chi connectivity index (χ4v) is 2.37. The Morgan fingerprint density at radius 3 is 2.60 bits per heavy atom. The third kappa shape index (κ3) is 2.40. The summed E-state index contributed by atoms with van der Waals surface area (Å²) in [5.74, 6) is -0.268. The Bertz CT molecular complexity index is 783. The van der Waals surface area contributed by atoms with Gasteiger partial charge in [-0.15, -0.1) is 0 Å². The second kappa shape index (κ2) is 5.38. The Hall–Kier alpha value is -2.27. The summed E-state index contributed by atoms with van der Waals surface area (Å²) < 4.78 is 0.658. The number of nitrogens with one attached hydrogen (secondary N) is 1. The van der Waals surface area contributed by atoms with E-state index < -0.39 is 0 Å². The fraction of sp³-hybridized carbons (Fsp3) is 0. The van der Waals surface area contributed by atoms with Gasteiger partial charge in [-0.3, -0.25) is 9.78 Å². The summed E-state index contributed by atoms with van der Waals surface area (Å²) in [4.78, 5) is 20.6. The first-order chi connectivity index (χ1) is 9.75. The van der Waals surface area contributed by atoms with Gasteiger partial charge in [0.25, 0.3) is 5.91 Å². The van der Waals surface area contributed by atoms with Crippen molar-refractivity contribution < 1.29 is 4.79 Å². The molecule has 0 radical (unpaired) electrons. The number of benzene rings is 1. The van der Waals surface area contributed by atoms with Gasteiger partial charge in [-0.1, -0.05) is 18.2 Å². The zero-order chi connectivity index (χ0) is 13.9.